The highest BCUT2D eigenvalue weighted by molar-refractivity contribution is 6.40. The van der Waals surface area contributed by atoms with E-state index in [2.05, 4.69) is 31.8 Å². The summed E-state index contributed by atoms with van der Waals surface area (Å²) in [6, 6.07) is 6.09. The lowest BCUT2D eigenvalue weighted by Crippen LogP contribution is -2.54. The number of nitrogens with zero attached hydrogens (tertiary/aromatic N) is 1. The Labute approximate surface area is 237 Å². The Kier molecular flexibility index (Phi) is 8.38. The summed E-state index contributed by atoms with van der Waals surface area (Å²) in [5.41, 5.74) is -1.12. The van der Waals surface area contributed by atoms with Crippen molar-refractivity contribution in [2.24, 2.45) is 28.6 Å². The zero-order valence-electron chi connectivity index (χ0n) is 25.9. The monoisotopic (exact) mass is 537 g/mol. The molecule has 1 heterocycles. The number of rotatable bonds is 11. The molecular weight excluding hydrogens is 485 g/mol. The van der Waals surface area contributed by atoms with E-state index in [0.29, 0.717) is 36.9 Å². The van der Waals surface area contributed by atoms with Crippen LogP contribution in [0.1, 0.15) is 119 Å². The maximum Gasteiger partial charge on any atom is 0.312 e. The zero-order valence-corrected chi connectivity index (χ0v) is 25.9. The van der Waals surface area contributed by atoms with E-state index < -0.39 is 16.4 Å². The van der Waals surface area contributed by atoms with Crippen molar-refractivity contribution >= 4 is 19.2 Å². The van der Waals surface area contributed by atoms with E-state index in [-0.39, 0.29) is 22.9 Å². The summed E-state index contributed by atoms with van der Waals surface area (Å²) >= 11 is 0. The largest absolute Gasteiger partial charge is 0.460 e. The Balaban J connectivity index is 1.54. The molecule has 4 fully saturated rings. The minimum absolute atomic E-state index is 0.0658. The van der Waals surface area contributed by atoms with Gasteiger partial charge in [-0.25, -0.2) is 0 Å². The Morgan fingerprint density at radius 1 is 0.923 bits per heavy atom. The van der Waals surface area contributed by atoms with Crippen LogP contribution < -0.4 is 0 Å². The molecule has 39 heavy (non-hydrogen) atoms. The third-order valence-electron chi connectivity index (χ3n) is 10.3. The number of esters is 2. The van der Waals surface area contributed by atoms with Crippen molar-refractivity contribution in [2.45, 2.75) is 136 Å². The van der Waals surface area contributed by atoms with Gasteiger partial charge in [-0.2, -0.15) is 0 Å². The number of hydrogen-bond donors (Lipinski definition) is 0. The maximum atomic E-state index is 14.3. The highest BCUT2D eigenvalue weighted by Gasteiger charge is 2.54. The molecule has 4 saturated carbocycles. The third kappa shape index (κ3) is 6.90. The number of ether oxygens (including phenoxy) is 2. The van der Waals surface area contributed by atoms with Crippen LogP contribution in [-0.4, -0.2) is 35.4 Å². The van der Waals surface area contributed by atoms with Crippen LogP contribution in [0.15, 0.2) is 24.4 Å². The first-order valence-corrected chi connectivity index (χ1v) is 15.5. The Bertz CT molecular complexity index is 997. The molecule has 4 bridgehead atoms. The van der Waals surface area contributed by atoms with Gasteiger partial charge in [0.1, 0.15) is 18.5 Å². The fraction of sp³-hybridized carbons (Fsp3) is 0.788. The molecule has 2 unspecified atom stereocenters. The first-order valence-electron chi connectivity index (χ1n) is 15.5. The number of aromatic nitrogens is 1. The molecule has 0 amide bonds. The summed E-state index contributed by atoms with van der Waals surface area (Å²) in [4.78, 5) is 32.0. The fourth-order valence-corrected chi connectivity index (χ4v) is 7.67. The summed E-state index contributed by atoms with van der Waals surface area (Å²) in [5, 5.41) is -0.135. The molecule has 0 radical (unpaired) electrons. The van der Waals surface area contributed by atoms with Gasteiger partial charge in [-0.15, -0.1) is 0 Å². The van der Waals surface area contributed by atoms with Gasteiger partial charge in [-0.3, -0.25) is 14.6 Å². The number of carbonyl (C=O) groups excluding carboxylic acids is 2. The molecule has 1 aromatic heterocycles. The summed E-state index contributed by atoms with van der Waals surface area (Å²) < 4.78 is 12.4. The van der Waals surface area contributed by atoms with Crippen molar-refractivity contribution in [1.82, 2.24) is 4.98 Å². The molecular formula is C33H52BNO4. The highest BCUT2D eigenvalue weighted by atomic mass is 16.6. The summed E-state index contributed by atoms with van der Waals surface area (Å²) in [7, 11) is 0.833. The summed E-state index contributed by atoms with van der Waals surface area (Å²) in [6.45, 7) is 16.1. The van der Waals surface area contributed by atoms with Gasteiger partial charge < -0.3 is 9.47 Å². The molecule has 5 nitrogen and oxygen atoms in total. The lowest BCUT2D eigenvalue weighted by atomic mass is 9.44. The average molecular weight is 538 g/mol. The molecule has 1 aromatic rings. The van der Waals surface area contributed by atoms with Crippen molar-refractivity contribution in [3.8, 4) is 0 Å². The van der Waals surface area contributed by atoms with Gasteiger partial charge >= 0.3 is 11.9 Å². The van der Waals surface area contributed by atoms with Gasteiger partial charge in [0, 0.05) is 11.9 Å². The lowest BCUT2D eigenvalue weighted by Gasteiger charge is -2.56. The Hall–Kier alpha value is -1.85. The quantitative estimate of drug-likeness (QED) is 0.220. The van der Waals surface area contributed by atoms with Crippen LogP contribution in [0.25, 0.3) is 0 Å². The van der Waals surface area contributed by atoms with E-state index in [1.54, 1.807) is 0 Å². The second kappa shape index (κ2) is 10.9. The van der Waals surface area contributed by atoms with Gasteiger partial charge in [-0.05, 0) is 128 Å². The SMILES string of the molecule is CCC(C)(BCC(C)(CCC(C)(C)C(=O)OC(C)(C)C)C(=O)OC12CC3CC(CC(C3)C1)C2)c1ccccn1. The Morgan fingerprint density at radius 3 is 2.00 bits per heavy atom. The highest BCUT2D eigenvalue weighted by Crippen LogP contribution is 2.57. The van der Waals surface area contributed by atoms with Gasteiger partial charge in [0.05, 0.1) is 10.8 Å². The molecule has 2 atom stereocenters. The summed E-state index contributed by atoms with van der Waals surface area (Å²) in [5.74, 6) is 1.87. The average Bonchev–Trinajstić information content (AvgIpc) is 2.84. The molecule has 5 rings (SSSR count). The molecule has 0 aliphatic heterocycles. The number of hydrogen-bond acceptors (Lipinski definition) is 5. The van der Waals surface area contributed by atoms with Crippen LogP contribution in [0.4, 0.5) is 0 Å². The first-order chi connectivity index (χ1) is 18.1. The van der Waals surface area contributed by atoms with Crippen LogP contribution in [0, 0.1) is 28.6 Å². The van der Waals surface area contributed by atoms with Gasteiger partial charge in [0.25, 0.3) is 0 Å². The van der Waals surface area contributed by atoms with Crippen molar-refractivity contribution < 1.29 is 19.1 Å². The molecule has 0 saturated heterocycles. The minimum atomic E-state index is -0.690. The van der Waals surface area contributed by atoms with E-state index in [1.807, 2.05) is 52.9 Å². The topological polar surface area (TPSA) is 65.5 Å². The molecule has 216 valence electrons. The third-order valence-corrected chi connectivity index (χ3v) is 10.3. The van der Waals surface area contributed by atoms with Crippen molar-refractivity contribution in [1.29, 1.82) is 0 Å². The van der Waals surface area contributed by atoms with Crippen LogP contribution >= 0.6 is 0 Å². The molecule has 0 spiro atoms. The molecule has 0 aromatic carbocycles. The van der Waals surface area contributed by atoms with E-state index >= 15 is 0 Å². The second-order valence-corrected chi connectivity index (χ2v) is 15.6. The van der Waals surface area contributed by atoms with Gasteiger partial charge in [0.2, 0.25) is 0 Å². The molecule has 0 N–H and O–H groups in total. The van der Waals surface area contributed by atoms with Crippen molar-refractivity contribution in [3.63, 3.8) is 0 Å². The number of carbonyl (C=O) groups is 2. The molecule has 6 heteroatoms. The van der Waals surface area contributed by atoms with Crippen molar-refractivity contribution in [2.75, 3.05) is 0 Å². The van der Waals surface area contributed by atoms with E-state index in [9.17, 15) is 9.59 Å². The minimum Gasteiger partial charge on any atom is -0.460 e. The normalized spacial score (nSPS) is 29.3. The van der Waals surface area contributed by atoms with Gasteiger partial charge in [-0.1, -0.05) is 32.7 Å². The number of pyridine rings is 1. The first kappa shape index (κ1) is 30.1. The van der Waals surface area contributed by atoms with E-state index in [0.717, 1.165) is 38.7 Å². The van der Waals surface area contributed by atoms with Crippen LogP contribution in [0.3, 0.4) is 0 Å². The van der Waals surface area contributed by atoms with Gasteiger partial charge in [0.15, 0.2) is 0 Å². The predicted octanol–water partition coefficient (Wildman–Crippen LogP) is 7.23. The molecule has 4 aliphatic carbocycles. The lowest BCUT2D eigenvalue weighted by molar-refractivity contribution is -0.196. The zero-order chi connectivity index (χ0) is 28.7. The summed E-state index contributed by atoms with van der Waals surface area (Å²) in [6.07, 6.45) is 11.7. The predicted molar refractivity (Wildman–Crippen MR) is 158 cm³/mol. The van der Waals surface area contributed by atoms with E-state index in [4.69, 9.17) is 9.47 Å². The van der Waals surface area contributed by atoms with Crippen LogP contribution in [0.5, 0.6) is 0 Å². The van der Waals surface area contributed by atoms with Crippen LogP contribution in [-0.2, 0) is 24.4 Å². The molecule has 4 aliphatic rings. The standard InChI is InChI=1S/C33H52BNO4/c1-9-32(8,26-12-10-11-15-35-26)34-22-31(7,14-13-30(5,6)27(36)38-29(2,3)4)28(37)39-33-19-23-16-24(20-33)18-25(17-23)21-33/h10-12,15,23-25,34H,9,13-14,16-22H2,1-8H3. The van der Waals surface area contributed by atoms with Crippen LogP contribution in [0.2, 0.25) is 6.32 Å². The van der Waals surface area contributed by atoms with E-state index in [1.165, 1.54) is 19.3 Å². The smallest absolute Gasteiger partial charge is 0.312 e. The Morgan fingerprint density at radius 2 is 1.51 bits per heavy atom. The maximum absolute atomic E-state index is 14.3. The van der Waals surface area contributed by atoms with Crippen molar-refractivity contribution in [3.05, 3.63) is 30.1 Å². The fourth-order valence-electron chi connectivity index (χ4n) is 7.67. The second-order valence-electron chi connectivity index (χ2n) is 15.6.